The quantitative estimate of drug-likeness (QED) is 0.575. The van der Waals surface area contributed by atoms with Gasteiger partial charge in [0.1, 0.15) is 17.3 Å². The fraction of sp³-hybridized carbons (Fsp3) is 0.0476. The number of rotatable bonds is 4. The zero-order valence-corrected chi connectivity index (χ0v) is 14.7. The highest BCUT2D eigenvalue weighted by atomic mass is 16.5. The number of hydrogen-bond acceptors (Lipinski definition) is 5. The summed E-state index contributed by atoms with van der Waals surface area (Å²) in [5.41, 5.74) is 7.62. The highest BCUT2D eigenvalue weighted by molar-refractivity contribution is 5.98. The SMILES string of the molecule is COc1ccccc1Nc1cc(N)nc(C(=O)n2cc3ccccc3c2)c1. The number of ether oxygens (including phenoxy) is 1. The van der Waals surface area contributed by atoms with Gasteiger partial charge in [-0.3, -0.25) is 9.36 Å². The van der Waals surface area contributed by atoms with Crippen LogP contribution in [0.15, 0.2) is 73.1 Å². The Bertz CT molecular complexity index is 1100. The number of hydrogen-bond donors (Lipinski definition) is 2. The Balaban J connectivity index is 1.68. The first-order valence-electron chi connectivity index (χ1n) is 8.43. The van der Waals surface area contributed by atoms with Crippen LogP contribution in [0.25, 0.3) is 10.8 Å². The predicted octanol–water partition coefficient (Wildman–Crippen LogP) is 4.06. The van der Waals surface area contributed by atoms with Gasteiger partial charge in [0, 0.05) is 24.1 Å². The molecule has 134 valence electrons. The predicted molar refractivity (Wildman–Crippen MR) is 107 cm³/mol. The number of nitrogens with one attached hydrogen (secondary N) is 1. The van der Waals surface area contributed by atoms with Crippen molar-refractivity contribution in [2.75, 3.05) is 18.2 Å². The number of nitrogen functional groups attached to an aromatic ring is 1. The number of methoxy groups -OCH3 is 1. The molecule has 0 aliphatic rings. The summed E-state index contributed by atoms with van der Waals surface area (Å²) >= 11 is 0. The second kappa shape index (κ2) is 6.84. The van der Waals surface area contributed by atoms with Gasteiger partial charge >= 0.3 is 0 Å². The number of benzene rings is 2. The molecule has 0 bridgehead atoms. The molecule has 0 spiro atoms. The van der Waals surface area contributed by atoms with E-state index in [1.807, 2.05) is 48.5 Å². The highest BCUT2D eigenvalue weighted by Crippen LogP contribution is 2.28. The standard InChI is InChI=1S/C21H18N4O2/c1-27-19-9-5-4-8-17(19)23-16-10-18(24-20(22)11-16)21(26)25-12-14-6-2-3-7-15(14)13-25/h2-13H,1H3,(H3,22,23,24). The number of fused-ring (bicyclic) bond motifs is 1. The molecule has 0 saturated carbocycles. The number of nitrogens with zero attached hydrogens (tertiary/aromatic N) is 2. The van der Waals surface area contributed by atoms with Crippen molar-refractivity contribution in [1.29, 1.82) is 0 Å². The van der Waals surface area contributed by atoms with E-state index in [4.69, 9.17) is 10.5 Å². The molecule has 2 aromatic carbocycles. The topological polar surface area (TPSA) is 82.2 Å². The fourth-order valence-corrected chi connectivity index (χ4v) is 2.97. The van der Waals surface area contributed by atoms with E-state index in [2.05, 4.69) is 10.3 Å². The lowest BCUT2D eigenvalue weighted by Crippen LogP contribution is -2.13. The van der Waals surface area contributed by atoms with Gasteiger partial charge in [-0.1, -0.05) is 36.4 Å². The van der Waals surface area contributed by atoms with Gasteiger partial charge in [-0.15, -0.1) is 0 Å². The van der Waals surface area contributed by atoms with Crippen molar-refractivity contribution in [2.45, 2.75) is 0 Å². The van der Waals surface area contributed by atoms with Crippen molar-refractivity contribution in [3.8, 4) is 5.75 Å². The van der Waals surface area contributed by atoms with Gasteiger partial charge in [0.2, 0.25) is 0 Å². The second-order valence-electron chi connectivity index (χ2n) is 6.09. The van der Waals surface area contributed by atoms with E-state index in [0.29, 0.717) is 11.4 Å². The third-order valence-electron chi connectivity index (χ3n) is 4.24. The molecule has 4 aromatic rings. The number of nitrogens with two attached hydrogens (primary N) is 1. The van der Waals surface area contributed by atoms with Crippen LogP contribution in [0.2, 0.25) is 0 Å². The van der Waals surface area contributed by atoms with Crippen LogP contribution in [0.4, 0.5) is 17.2 Å². The van der Waals surface area contributed by atoms with Crippen molar-refractivity contribution in [1.82, 2.24) is 9.55 Å². The zero-order valence-electron chi connectivity index (χ0n) is 14.7. The minimum atomic E-state index is -0.249. The van der Waals surface area contributed by atoms with Crippen LogP contribution < -0.4 is 15.8 Å². The van der Waals surface area contributed by atoms with Gasteiger partial charge in [-0.2, -0.15) is 0 Å². The molecule has 4 rings (SSSR count). The van der Waals surface area contributed by atoms with Crippen LogP contribution in [0.5, 0.6) is 5.75 Å². The summed E-state index contributed by atoms with van der Waals surface area (Å²) in [6.45, 7) is 0. The lowest BCUT2D eigenvalue weighted by atomic mass is 10.2. The van der Waals surface area contributed by atoms with Crippen LogP contribution in [0.1, 0.15) is 10.5 Å². The van der Waals surface area contributed by atoms with Crippen molar-refractivity contribution < 1.29 is 9.53 Å². The molecule has 3 N–H and O–H groups in total. The maximum absolute atomic E-state index is 12.9. The molecule has 6 nitrogen and oxygen atoms in total. The van der Waals surface area contributed by atoms with Gasteiger partial charge in [0.05, 0.1) is 12.8 Å². The number of anilines is 3. The van der Waals surface area contributed by atoms with Gasteiger partial charge in [-0.25, -0.2) is 4.98 Å². The van der Waals surface area contributed by atoms with Crippen molar-refractivity contribution in [2.24, 2.45) is 0 Å². The molecule has 0 fully saturated rings. The fourth-order valence-electron chi connectivity index (χ4n) is 2.97. The van der Waals surface area contributed by atoms with Crippen LogP contribution in [0, 0.1) is 0 Å². The van der Waals surface area contributed by atoms with Gasteiger partial charge in [0.15, 0.2) is 0 Å². The highest BCUT2D eigenvalue weighted by Gasteiger charge is 2.14. The Labute approximate surface area is 156 Å². The lowest BCUT2D eigenvalue weighted by Gasteiger charge is -2.12. The summed E-state index contributed by atoms with van der Waals surface area (Å²) in [4.78, 5) is 17.1. The van der Waals surface area contributed by atoms with Gasteiger partial charge < -0.3 is 15.8 Å². The van der Waals surface area contributed by atoms with E-state index in [0.717, 1.165) is 16.5 Å². The number of aromatic nitrogens is 2. The molecule has 2 aromatic heterocycles. The Hall–Kier alpha value is -3.80. The average molecular weight is 358 g/mol. The maximum Gasteiger partial charge on any atom is 0.280 e. The van der Waals surface area contributed by atoms with E-state index in [1.54, 1.807) is 31.6 Å². The summed E-state index contributed by atoms with van der Waals surface area (Å²) in [7, 11) is 1.60. The smallest absolute Gasteiger partial charge is 0.280 e. The first-order valence-corrected chi connectivity index (χ1v) is 8.43. The van der Waals surface area contributed by atoms with E-state index < -0.39 is 0 Å². The molecular weight excluding hydrogens is 340 g/mol. The van der Waals surface area contributed by atoms with Crippen LogP contribution >= 0.6 is 0 Å². The third kappa shape index (κ3) is 3.32. The van der Waals surface area contributed by atoms with Crippen LogP contribution in [-0.4, -0.2) is 22.6 Å². The summed E-state index contributed by atoms with van der Waals surface area (Å²) in [6, 6.07) is 18.7. The number of carbonyl (C=O) groups is 1. The number of carbonyl (C=O) groups excluding carboxylic acids is 1. The monoisotopic (exact) mass is 358 g/mol. The summed E-state index contributed by atoms with van der Waals surface area (Å²) in [5.74, 6) is 0.703. The Morgan fingerprint density at radius 3 is 2.41 bits per heavy atom. The van der Waals surface area contributed by atoms with Crippen molar-refractivity contribution in [3.05, 3.63) is 78.8 Å². The first-order chi connectivity index (χ1) is 13.1. The summed E-state index contributed by atoms with van der Waals surface area (Å²) < 4.78 is 6.88. The van der Waals surface area contributed by atoms with Gasteiger partial charge in [0.25, 0.3) is 5.91 Å². The minimum absolute atomic E-state index is 0.249. The molecule has 0 atom stereocenters. The first kappa shape index (κ1) is 16.7. The van der Waals surface area contributed by atoms with E-state index >= 15 is 0 Å². The lowest BCUT2D eigenvalue weighted by molar-refractivity contribution is 0.0956. The number of pyridine rings is 1. The molecule has 0 aliphatic heterocycles. The molecule has 6 heteroatoms. The molecule has 0 radical (unpaired) electrons. The largest absolute Gasteiger partial charge is 0.495 e. The minimum Gasteiger partial charge on any atom is -0.495 e. The number of para-hydroxylation sites is 2. The third-order valence-corrected chi connectivity index (χ3v) is 4.24. The van der Waals surface area contributed by atoms with E-state index in [9.17, 15) is 4.79 Å². The average Bonchev–Trinajstić information content (AvgIpc) is 3.11. The Morgan fingerprint density at radius 2 is 1.70 bits per heavy atom. The Kier molecular flexibility index (Phi) is 4.22. The summed E-state index contributed by atoms with van der Waals surface area (Å²) in [5, 5.41) is 5.21. The van der Waals surface area contributed by atoms with Crippen LogP contribution in [-0.2, 0) is 0 Å². The second-order valence-corrected chi connectivity index (χ2v) is 6.09. The molecule has 2 heterocycles. The van der Waals surface area contributed by atoms with Crippen molar-refractivity contribution in [3.63, 3.8) is 0 Å². The van der Waals surface area contributed by atoms with E-state index in [-0.39, 0.29) is 17.4 Å². The van der Waals surface area contributed by atoms with Gasteiger partial charge in [-0.05, 0) is 29.0 Å². The normalized spacial score (nSPS) is 10.7. The molecule has 0 unspecified atom stereocenters. The molecule has 27 heavy (non-hydrogen) atoms. The molecular formula is C21H18N4O2. The zero-order chi connectivity index (χ0) is 18.8. The van der Waals surface area contributed by atoms with Crippen LogP contribution in [0.3, 0.4) is 0 Å². The molecule has 0 amide bonds. The van der Waals surface area contributed by atoms with E-state index in [1.165, 1.54) is 4.57 Å². The molecule has 0 aliphatic carbocycles. The molecule has 0 saturated heterocycles. The van der Waals surface area contributed by atoms with Crippen molar-refractivity contribution >= 4 is 33.9 Å². The summed E-state index contributed by atoms with van der Waals surface area (Å²) in [6.07, 6.45) is 3.58. The Morgan fingerprint density at radius 1 is 1.04 bits per heavy atom. The maximum atomic E-state index is 12.9.